The van der Waals surface area contributed by atoms with E-state index in [-0.39, 0.29) is 11.8 Å². The number of hydrogen-bond acceptors (Lipinski definition) is 2. The van der Waals surface area contributed by atoms with Crippen LogP contribution in [0.5, 0.6) is 0 Å². The van der Waals surface area contributed by atoms with Crippen LogP contribution in [0.3, 0.4) is 0 Å². The summed E-state index contributed by atoms with van der Waals surface area (Å²) < 4.78 is 13.1. The molecule has 1 aliphatic heterocycles. The van der Waals surface area contributed by atoms with Crippen LogP contribution in [0.15, 0.2) is 24.3 Å². The first-order valence-electron chi connectivity index (χ1n) is 9.02. The van der Waals surface area contributed by atoms with Crippen molar-refractivity contribution in [3.63, 3.8) is 0 Å². The molecule has 0 aliphatic carbocycles. The molecule has 2 rings (SSSR count). The third kappa shape index (κ3) is 5.20. The van der Waals surface area contributed by atoms with Gasteiger partial charge in [-0.15, -0.1) is 0 Å². The van der Waals surface area contributed by atoms with Gasteiger partial charge in [-0.05, 0) is 36.5 Å². The largest absolute Gasteiger partial charge is 0.338 e. The molecular weight excluding hydrogens is 305 g/mol. The van der Waals surface area contributed by atoms with Crippen molar-refractivity contribution in [3.8, 4) is 0 Å². The number of carbonyl (C=O) groups is 1. The molecule has 1 heterocycles. The lowest BCUT2D eigenvalue weighted by molar-refractivity contribution is 0.135. The molecule has 0 radical (unpaired) electrons. The van der Waals surface area contributed by atoms with E-state index in [1.54, 1.807) is 0 Å². The first kappa shape index (κ1) is 18.7. The highest BCUT2D eigenvalue weighted by molar-refractivity contribution is 5.74. The summed E-state index contributed by atoms with van der Waals surface area (Å²) in [6, 6.07) is 7.09. The van der Waals surface area contributed by atoms with Gasteiger partial charge in [-0.25, -0.2) is 9.18 Å². The zero-order valence-electron chi connectivity index (χ0n) is 15.1. The Morgan fingerprint density at radius 1 is 1.29 bits per heavy atom. The molecule has 1 N–H and O–H groups in total. The highest BCUT2D eigenvalue weighted by atomic mass is 19.1. The van der Waals surface area contributed by atoms with Gasteiger partial charge in [0, 0.05) is 38.8 Å². The van der Waals surface area contributed by atoms with Gasteiger partial charge in [-0.3, -0.25) is 4.90 Å². The summed E-state index contributed by atoms with van der Waals surface area (Å²) in [7, 11) is 0. The van der Waals surface area contributed by atoms with E-state index in [0.29, 0.717) is 12.0 Å². The molecule has 0 bridgehead atoms. The average molecular weight is 335 g/mol. The second-order valence-electron chi connectivity index (χ2n) is 6.94. The van der Waals surface area contributed by atoms with Crippen molar-refractivity contribution in [1.82, 2.24) is 15.1 Å². The first-order chi connectivity index (χ1) is 11.5. The average Bonchev–Trinajstić information content (AvgIpc) is 2.77. The molecule has 0 saturated carbocycles. The lowest BCUT2D eigenvalue weighted by Gasteiger charge is -2.34. The zero-order chi connectivity index (χ0) is 17.5. The van der Waals surface area contributed by atoms with Gasteiger partial charge in [0.2, 0.25) is 0 Å². The SMILES string of the molecule is CCCNC(=O)N1CCCN(Cc2ccc(F)cc2)[C@@H](C(C)C)C1. The van der Waals surface area contributed by atoms with Crippen LogP contribution in [0.25, 0.3) is 0 Å². The van der Waals surface area contributed by atoms with Gasteiger partial charge in [0.25, 0.3) is 0 Å². The maximum atomic E-state index is 13.1. The minimum Gasteiger partial charge on any atom is -0.338 e. The van der Waals surface area contributed by atoms with Crippen LogP contribution >= 0.6 is 0 Å². The predicted octanol–water partition coefficient (Wildman–Crippen LogP) is 3.48. The Balaban J connectivity index is 2.05. The Morgan fingerprint density at radius 3 is 2.62 bits per heavy atom. The van der Waals surface area contributed by atoms with Gasteiger partial charge < -0.3 is 10.2 Å². The summed E-state index contributed by atoms with van der Waals surface area (Å²) in [5, 5.41) is 2.99. The molecule has 0 unspecified atom stereocenters. The molecule has 134 valence electrons. The number of amides is 2. The summed E-state index contributed by atoms with van der Waals surface area (Å²) in [5.41, 5.74) is 1.12. The fourth-order valence-corrected chi connectivity index (χ4v) is 3.24. The predicted molar refractivity (Wildman–Crippen MR) is 95.3 cm³/mol. The molecular formula is C19H30FN3O. The maximum absolute atomic E-state index is 13.1. The topological polar surface area (TPSA) is 35.6 Å². The number of halogens is 1. The molecule has 2 amide bonds. The summed E-state index contributed by atoms with van der Waals surface area (Å²) in [6.45, 7) is 10.5. The first-order valence-corrected chi connectivity index (χ1v) is 9.02. The van der Waals surface area contributed by atoms with E-state index in [2.05, 4.69) is 31.0 Å². The highest BCUT2D eigenvalue weighted by Crippen LogP contribution is 2.20. The summed E-state index contributed by atoms with van der Waals surface area (Å²) >= 11 is 0. The van der Waals surface area contributed by atoms with Crippen molar-refractivity contribution in [3.05, 3.63) is 35.6 Å². The summed E-state index contributed by atoms with van der Waals surface area (Å²) in [4.78, 5) is 16.7. The molecule has 1 fully saturated rings. The molecule has 1 atom stereocenters. The number of carbonyl (C=O) groups excluding carboxylic acids is 1. The number of nitrogens with zero attached hydrogens (tertiary/aromatic N) is 2. The van der Waals surface area contributed by atoms with Gasteiger partial charge in [-0.1, -0.05) is 32.9 Å². The van der Waals surface area contributed by atoms with E-state index in [9.17, 15) is 9.18 Å². The fourth-order valence-electron chi connectivity index (χ4n) is 3.24. The van der Waals surface area contributed by atoms with E-state index in [0.717, 1.165) is 51.1 Å². The molecule has 0 aromatic heterocycles. The van der Waals surface area contributed by atoms with Crippen LogP contribution in [0, 0.1) is 11.7 Å². The number of nitrogens with one attached hydrogen (secondary N) is 1. The molecule has 1 aliphatic rings. The molecule has 1 aromatic rings. The quantitative estimate of drug-likeness (QED) is 0.894. The van der Waals surface area contributed by atoms with Crippen LogP contribution in [-0.4, -0.2) is 48.1 Å². The van der Waals surface area contributed by atoms with E-state index in [4.69, 9.17) is 0 Å². The normalized spacial score (nSPS) is 19.4. The highest BCUT2D eigenvalue weighted by Gasteiger charge is 2.29. The lowest BCUT2D eigenvalue weighted by atomic mass is 10.0. The Labute approximate surface area is 145 Å². The molecule has 1 saturated heterocycles. The monoisotopic (exact) mass is 335 g/mol. The van der Waals surface area contributed by atoms with Crippen LogP contribution in [-0.2, 0) is 6.54 Å². The van der Waals surface area contributed by atoms with Crippen molar-refractivity contribution in [2.24, 2.45) is 5.92 Å². The minimum atomic E-state index is -0.200. The molecule has 0 spiro atoms. The van der Waals surface area contributed by atoms with E-state index < -0.39 is 0 Å². The third-order valence-corrected chi connectivity index (χ3v) is 4.63. The van der Waals surface area contributed by atoms with Crippen LogP contribution in [0.1, 0.15) is 39.2 Å². The maximum Gasteiger partial charge on any atom is 0.317 e. The molecule has 4 nitrogen and oxygen atoms in total. The molecule has 5 heteroatoms. The van der Waals surface area contributed by atoms with Gasteiger partial charge >= 0.3 is 6.03 Å². The molecule has 1 aromatic carbocycles. The van der Waals surface area contributed by atoms with Crippen LogP contribution in [0.4, 0.5) is 9.18 Å². The Hall–Kier alpha value is -1.62. The van der Waals surface area contributed by atoms with Crippen molar-refractivity contribution < 1.29 is 9.18 Å². The second-order valence-corrected chi connectivity index (χ2v) is 6.94. The third-order valence-electron chi connectivity index (χ3n) is 4.63. The smallest absolute Gasteiger partial charge is 0.317 e. The Kier molecular flexibility index (Phi) is 7.03. The molecule has 24 heavy (non-hydrogen) atoms. The Morgan fingerprint density at radius 2 is 2.00 bits per heavy atom. The van der Waals surface area contributed by atoms with Crippen molar-refractivity contribution in [2.75, 3.05) is 26.2 Å². The lowest BCUT2D eigenvalue weighted by Crippen LogP contribution is -2.48. The zero-order valence-corrected chi connectivity index (χ0v) is 15.1. The van der Waals surface area contributed by atoms with Crippen molar-refractivity contribution >= 4 is 6.03 Å². The minimum absolute atomic E-state index is 0.0473. The summed E-state index contributed by atoms with van der Waals surface area (Å²) in [5.74, 6) is 0.249. The van der Waals surface area contributed by atoms with Gasteiger partial charge in [0.05, 0.1) is 0 Å². The standard InChI is InChI=1S/C19H30FN3O/c1-4-10-21-19(24)23-12-5-11-22(18(14-23)15(2)3)13-16-6-8-17(20)9-7-16/h6-9,15,18H,4-5,10-14H2,1-3H3,(H,21,24)/t18-/m1/s1. The van der Waals surface area contributed by atoms with E-state index in [1.807, 2.05) is 17.0 Å². The van der Waals surface area contributed by atoms with Crippen LogP contribution < -0.4 is 5.32 Å². The number of hydrogen-bond donors (Lipinski definition) is 1. The van der Waals surface area contributed by atoms with Gasteiger partial charge in [0.1, 0.15) is 5.82 Å². The van der Waals surface area contributed by atoms with Crippen LogP contribution in [0.2, 0.25) is 0 Å². The second kappa shape index (κ2) is 9.02. The van der Waals surface area contributed by atoms with Crippen molar-refractivity contribution in [2.45, 2.75) is 46.2 Å². The number of rotatable bonds is 5. The number of benzene rings is 1. The van der Waals surface area contributed by atoms with E-state index >= 15 is 0 Å². The van der Waals surface area contributed by atoms with Gasteiger partial charge in [0.15, 0.2) is 0 Å². The fraction of sp³-hybridized carbons (Fsp3) is 0.632. The Bertz CT molecular complexity index is 518. The van der Waals surface area contributed by atoms with Crippen molar-refractivity contribution in [1.29, 1.82) is 0 Å². The summed E-state index contributed by atoms with van der Waals surface area (Å²) in [6.07, 6.45) is 1.91. The van der Waals surface area contributed by atoms with Gasteiger partial charge in [-0.2, -0.15) is 0 Å². The van der Waals surface area contributed by atoms with E-state index in [1.165, 1.54) is 12.1 Å². The number of urea groups is 1.